The Morgan fingerprint density at radius 2 is 2.09 bits per heavy atom. The Morgan fingerprint density at radius 1 is 1.41 bits per heavy atom. The van der Waals surface area contributed by atoms with E-state index in [-0.39, 0.29) is 24.5 Å². The lowest BCUT2D eigenvalue weighted by atomic mass is 10.1. The highest BCUT2D eigenvalue weighted by atomic mass is 79.9. The fourth-order valence-electron chi connectivity index (χ4n) is 2.61. The zero-order valence-electron chi connectivity index (χ0n) is 12.6. The molecule has 120 valence electrons. The second kappa shape index (κ2) is 7.74. The maximum absolute atomic E-state index is 12.6. The molecule has 2 atom stereocenters. The quantitative estimate of drug-likeness (QED) is 0.834. The summed E-state index contributed by atoms with van der Waals surface area (Å²) in [4.78, 5) is 26.6. The van der Waals surface area contributed by atoms with Gasteiger partial charge in [0.1, 0.15) is 6.04 Å². The van der Waals surface area contributed by atoms with Crippen molar-refractivity contribution >= 4 is 27.7 Å². The van der Waals surface area contributed by atoms with Crippen LogP contribution in [0.4, 0.5) is 0 Å². The third-order valence-electron chi connectivity index (χ3n) is 3.97. The van der Waals surface area contributed by atoms with Crippen molar-refractivity contribution in [3.63, 3.8) is 0 Å². The van der Waals surface area contributed by atoms with Crippen LogP contribution in [0.1, 0.15) is 36.5 Å². The molecule has 6 heteroatoms. The summed E-state index contributed by atoms with van der Waals surface area (Å²) in [6, 6.07) is 6.44. The number of benzene rings is 1. The molecule has 1 aliphatic heterocycles. The summed E-state index contributed by atoms with van der Waals surface area (Å²) in [6.07, 6.45) is 2.14. The lowest BCUT2D eigenvalue weighted by molar-refractivity contribution is -0.125. The molecule has 1 aliphatic rings. The topological polar surface area (TPSA) is 69.6 Å². The Labute approximate surface area is 138 Å². The van der Waals surface area contributed by atoms with Gasteiger partial charge in [-0.2, -0.15) is 0 Å². The molecule has 2 N–H and O–H groups in total. The molecule has 0 aliphatic carbocycles. The predicted octanol–water partition coefficient (Wildman–Crippen LogP) is 1.94. The molecular formula is C16H21BrN2O3. The molecule has 1 fully saturated rings. The average molecular weight is 369 g/mol. The van der Waals surface area contributed by atoms with Gasteiger partial charge in [0, 0.05) is 16.6 Å². The van der Waals surface area contributed by atoms with E-state index in [1.807, 2.05) is 19.1 Å². The molecule has 1 heterocycles. The largest absolute Gasteiger partial charge is 0.394 e. The van der Waals surface area contributed by atoms with E-state index in [1.165, 1.54) is 0 Å². The number of hydrogen-bond acceptors (Lipinski definition) is 3. The van der Waals surface area contributed by atoms with Crippen molar-refractivity contribution in [1.29, 1.82) is 0 Å². The molecule has 2 amide bonds. The Balaban J connectivity index is 2.08. The van der Waals surface area contributed by atoms with Gasteiger partial charge in [-0.15, -0.1) is 0 Å². The van der Waals surface area contributed by atoms with Gasteiger partial charge in [-0.1, -0.05) is 22.9 Å². The molecule has 1 saturated heterocycles. The van der Waals surface area contributed by atoms with Gasteiger partial charge in [-0.3, -0.25) is 9.59 Å². The molecule has 1 aromatic carbocycles. The van der Waals surface area contributed by atoms with Gasteiger partial charge in [0.05, 0.1) is 12.6 Å². The van der Waals surface area contributed by atoms with Gasteiger partial charge in [0.2, 0.25) is 5.91 Å². The van der Waals surface area contributed by atoms with Crippen LogP contribution in [0, 0.1) is 0 Å². The Kier molecular flexibility index (Phi) is 5.97. The lowest BCUT2D eigenvalue weighted by Gasteiger charge is -2.26. The van der Waals surface area contributed by atoms with Crippen molar-refractivity contribution in [2.75, 3.05) is 13.2 Å². The minimum Gasteiger partial charge on any atom is -0.394 e. The van der Waals surface area contributed by atoms with Gasteiger partial charge in [-0.25, -0.2) is 0 Å². The number of carbonyl (C=O) groups excluding carboxylic acids is 2. The van der Waals surface area contributed by atoms with Crippen LogP contribution in [0.5, 0.6) is 0 Å². The first-order valence-corrected chi connectivity index (χ1v) is 8.34. The fourth-order valence-corrected chi connectivity index (χ4v) is 2.88. The first-order chi connectivity index (χ1) is 10.6. The third kappa shape index (κ3) is 3.87. The summed E-state index contributed by atoms with van der Waals surface area (Å²) >= 11 is 3.34. The molecule has 0 radical (unpaired) electrons. The molecule has 5 nitrogen and oxygen atoms in total. The Bertz CT molecular complexity index is 529. The van der Waals surface area contributed by atoms with Crippen LogP contribution in [0.3, 0.4) is 0 Å². The van der Waals surface area contributed by atoms with E-state index in [0.29, 0.717) is 24.9 Å². The molecule has 0 unspecified atom stereocenters. The molecule has 0 spiro atoms. The standard InChI is InChI=1S/C16H21BrN2O3/c1-2-13(10-20)18-15(21)14-4-3-9-19(14)16(22)11-5-7-12(17)8-6-11/h5-8,13-14,20H,2-4,9-10H2,1H3,(H,18,21)/t13-,14+/m1/s1. The van der Waals surface area contributed by atoms with E-state index in [2.05, 4.69) is 21.2 Å². The van der Waals surface area contributed by atoms with Crippen molar-refractivity contribution in [3.05, 3.63) is 34.3 Å². The fraction of sp³-hybridized carbons (Fsp3) is 0.500. The van der Waals surface area contributed by atoms with Crippen molar-refractivity contribution < 1.29 is 14.7 Å². The van der Waals surface area contributed by atoms with Gasteiger partial charge in [-0.05, 0) is 43.5 Å². The highest BCUT2D eigenvalue weighted by molar-refractivity contribution is 9.10. The smallest absolute Gasteiger partial charge is 0.254 e. The van der Waals surface area contributed by atoms with Crippen LogP contribution < -0.4 is 5.32 Å². The number of halogens is 1. The highest BCUT2D eigenvalue weighted by Crippen LogP contribution is 2.21. The van der Waals surface area contributed by atoms with E-state index in [1.54, 1.807) is 17.0 Å². The maximum Gasteiger partial charge on any atom is 0.254 e. The summed E-state index contributed by atoms with van der Waals surface area (Å²) in [5.41, 5.74) is 0.581. The van der Waals surface area contributed by atoms with E-state index in [4.69, 9.17) is 0 Å². The van der Waals surface area contributed by atoms with Crippen LogP contribution in [0.15, 0.2) is 28.7 Å². The van der Waals surface area contributed by atoms with E-state index >= 15 is 0 Å². The Morgan fingerprint density at radius 3 is 2.68 bits per heavy atom. The molecule has 1 aromatic rings. The highest BCUT2D eigenvalue weighted by Gasteiger charge is 2.35. The van der Waals surface area contributed by atoms with Gasteiger partial charge < -0.3 is 15.3 Å². The molecule has 0 bridgehead atoms. The number of hydrogen-bond donors (Lipinski definition) is 2. The van der Waals surface area contributed by atoms with Gasteiger partial charge in [0.15, 0.2) is 0 Å². The monoisotopic (exact) mass is 368 g/mol. The van der Waals surface area contributed by atoms with Crippen molar-refractivity contribution in [2.45, 2.75) is 38.3 Å². The molecule has 0 saturated carbocycles. The van der Waals surface area contributed by atoms with E-state index in [0.717, 1.165) is 10.9 Å². The molecule has 2 rings (SSSR count). The molecule has 0 aromatic heterocycles. The summed E-state index contributed by atoms with van der Waals surface area (Å²) in [5.74, 6) is -0.300. The average Bonchev–Trinajstić information content (AvgIpc) is 3.02. The van der Waals surface area contributed by atoms with E-state index < -0.39 is 6.04 Å². The number of amides is 2. The van der Waals surface area contributed by atoms with Crippen molar-refractivity contribution in [3.8, 4) is 0 Å². The molecular weight excluding hydrogens is 348 g/mol. The normalized spacial score (nSPS) is 19.0. The SMILES string of the molecule is CC[C@H](CO)NC(=O)[C@@H]1CCCN1C(=O)c1ccc(Br)cc1. The summed E-state index contributed by atoms with van der Waals surface area (Å²) in [6.45, 7) is 2.40. The number of likely N-dealkylation sites (tertiary alicyclic amines) is 1. The van der Waals surface area contributed by atoms with Gasteiger partial charge in [0.25, 0.3) is 5.91 Å². The molecule has 22 heavy (non-hydrogen) atoms. The maximum atomic E-state index is 12.6. The predicted molar refractivity (Wildman–Crippen MR) is 87.5 cm³/mol. The number of rotatable bonds is 5. The van der Waals surface area contributed by atoms with Crippen molar-refractivity contribution in [1.82, 2.24) is 10.2 Å². The van der Waals surface area contributed by atoms with Crippen LogP contribution in [0.25, 0.3) is 0 Å². The zero-order valence-corrected chi connectivity index (χ0v) is 14.2. The minimum atomic E-state index is -0.447. The summed E-state index contributed by atoms with van der Waals surface area (Å²) < 4.78 is 0.911. The number of aliphatic hydroxyl groups excluding tert-OH is 1. The number of nitrogens with one attached hydrogen (secondary N) is 1. The second-order valence-electron chi connectivity index (χ2n) is 5.46. The van der Waals surface area contributed by atoms with Gasteiger partial charge >= 0.3 is 0 Å². The van der Waals surface area contributed by atoms with Crippen LogP contribution >= 0.6 is 15.9 Å². The minimum absolute atomic E-state index is 0.0877. The van der Waals surface area contributed by atoms with Crippen LogP contribution in [-0.4, -0.2) is 47.1 Å². The second-order valence-corrected chi connectivity index (χ2v) is 6.38. The van der Waals surface area contributed by atoms with Crippen LogP contribution in [0.2, 0.25) is 0 Å². The first kappa shape index (κ1) is 17.0. The first-order valence-electron chi connectivity index (χ1n) is 7.54. The third-order valence-corrected chi connectivity index (χ3v) is 4.50. The van der Waals surface area contributed by atoms with Crippen LogP contribution in [-0.2, 0) is 4.79 Å². The zero-order chi connectivity index (χ0) is 16.1. The Hall–Kier alpha value is -1.40. The van der Waals surface area contributed by atoms with E-state index in [9.17, 15) is 14.7 Å². The summed E-state index contributed by atoms with van der Waals surface area (Å²) in [7, 11) is 0. The summed E-state index contributed by atoms with van der Waals surface area (Å²) in [5, 5.41) is 12.0. The number of nitrogens with zero attached hydrogens (tertiary/aromatic N) is 1. The lowest BCUT2D eigenvalue weighted by Crippen LogP contribution is -2.49. The van der Waals surface area contributed by atoms with Crippen molar-refractivity contribution in [2.24, 2.45) is 0 Å². The number of carbonyl (C=O) groups is 2. The number of aliphatic hydroxyl groups is 1.